The van der Waals surface area contributed by atoms with Crippen LogP contribution < -0.4 is 5.32 Å². The van der Waals surface area contributed by atoms with Crippen LogP contribution in [0, 0.1) is 11.3 Å². The first kappa shape index (κ1) is 17.1. The number of nitriles is 1. The number of benzene rings is 2. The second-order valence-electron chi connectivity index (χ2n) is 6.23. The molecule has 0 aliphatic heterocycles. The molecule has 0 radical (unpaired) electrons. The Balaban J connectivity index is 1.83. The van der Waals surface area contributed by atoms with Gasteiger partial charge in [0.1, 0.15) is 17.7 Å². The Kier molecular flexibility index (Phi) is 4.49. The lowest BCUT2D eigenvalue weighted by Crippen LogP contribution is -2.17. The van der Waals surface area contributed by atoms with Crippen LogP contribution in [0.3, 0.4) is 0 Å². The third-order valence-electron chi connectivity index (χ3n) is 4.50. The molecule has 1 N–H and O–H groups in total. The Hall–Kier alpha value is -3.36. The van der Waals surface area contributed by atoms with E-state index in [-0.39, 0.29) is 6.04 Å². The largest absolute Gasteiger partial charge is 0.356 e. The maximum absolute atomic E-state index is 9.24. The van der Waals surface area contributed by atoms with Crippen LogP contribution in [0.4, 0.5) is 5.82 Å². The summed E-state index contributed by atoms with van der Waals surface area (Å²) in [7, 11) is 1.96. The van der Waals surface area contributed by atoms with Gasteiger partial charge in [-0.25, -0.2) is 9.97 Å². The van der Waals surface area contributed by atoms with Crippen LogP contribution in [0.2, 0.25) is 5.02 Å². The van der Waals surface area contributed by atoms with Gasteiger partial charge >= 0.3 is 0 Å². The van der Waals surface area contributed by atoms with Crippen molar-refractivity contribution in [2.24, 2.45) is 7.05 Å². The van der Waals surface area contributed by atoms with E-state index in [4.69, 9.17) is 11.6 Å². The third kappa shape index (κ3) is 3.35. The van der Waals surface area contributed by atoms with Crippen molar-refractivity contribution in [2.45, 2.75) is 6.04 Å². The summed E-state index contributed by atoms with van der Waals surface area (Å²) in [5.74, 6) is 1.56. The number of aromatic nitrogens is 3. The highest BCUT2D eigenvalue weighted by Gasteiger charge is 2.20. The molecule has 0 bridgehead atoms. The number of halogens is 1. The van der Waals surface area contributed by atoms with Crippen molar-refractivity contribution in [1.29, 1.82) is 5.26 Å². The molecule has 4 rings (SSSR count). The second kappa shape index (κ2) is 7.10. The Bertz CT molecular complexity index is 1140. The van der Waals surface area contributed by atoms with E-state index in [1.165, 1.54) is 0 Å². The number of hydrogen-bond acceptors (Lipinski definition) is 4. The Labute approximate surface area is 161 Å². The molecule has 1 unspecified atom stereocenters. The molecule has 0 saturated heterocycles. The number of anilines is 1. The first-order valence-electron chi connectivity index (χ1n) is 8.44. The molecule has 2 aromatic carbocycles. The second-order valence-corrected chi connectivity index (χ2v) is 6.67. The Morgan fingerprint density at radius 2 is 1.89 bits per heavy atom. The van der Waals surface area contributed by atoms with Gasteiger partial charge in [0.15, 0.2) is 0 Å². The van der Waals surface area contributed by atoms with Gasteiger partial charge in [-0.2, -0.15) is 5.26 Å². The van der Waals surface area contributed by atoms with Crippen LogP contribution in [-0.2, 0) is 7.05 Å². The lowest BCUT2D eigenvalue weighted by molar-refractivity contribution is 0.746. The lowest BCUT2D eigenvalue weighted by atomic mass is 10.0. The van der Waals surface area contributed by atoms with Crippen LogP contribution in [0.1, 0.15) is 23.0 Å². The van der Waals surface area contributed by atoms with Crippen LogP contribution in [0.25, 0.3) is 10.8 Å². The van der Waals surface area contributed by atoms with Gasteiger partial charge in [0.2, 0.25) is 0 Å². The summed E-state index contributed by atoms with van der Waals surface area (Å²) < 4.78 is 1.97. The number of nitrogens with zero attached hydrogens (tertiary/aromatic N) is 4. The summed E-state index contributed by atoms with van der Waals surface area (Å²) in [6, 6.07) is 17.2. The van der Waals surface area contributed by atoms with Crippen molar-refractivity contribution in [3.63, 3.8) is 0 Å². The minimum atomic E-state index is -0.217. The monoisotopic (exact) mass is 373 g/mol. The van der Waals surface area contributed by atoms with Crippen LogP contribution in [-0.4, -0.2) is 14.5 Å². The molecule has 0 saturated carbocycles. The fourth-order valence-corrected chi connectivity index (χ4v) is 3.22. The van der Waals surface area contributed by atoms with Gasteiger partial charge in [-0.05, 0) is 41.3 Å². The summed E-state index contributed by atoms with van der Waals surface area (Å²) in [6.45, 7) is 0. The molecule has 0 spiro atoms. The van der Waals surface area contributed by atoms with Crippen molar-refractivity contribution < 1.29 is 0 Å². The van der Waals surface area contributed by atoms with Gasteiger partial charge in [-0.3, -0.25) is 0 Å². The average molecular weight is 374 g/mol. The molecule has 2 aromatic heterocycles. The van der Waals surface area contributed by atoms with Crippen molar-refractivity contribution in [3.05, 3.63) is 89.1 Å². The van der Waals surface area contributed by atoms with Crippen molar-refractivity contribution in [2.75, 3.05) is 5.32 Å². The number of pyridine rings is 1. The van der Waals surface area contributed by atoms with Gasteiger partial charge in [-0.1, -0.05) is 29.8 Å². The van der Waals surface area contributed by atoms with E-state index in [1.807, 2.05) is 66.3 Å². The van der Waals surface area contributed by atoms with Gasteiger partial charge in [0, 0.05) is 36.0 Å². The zero-order valence-electron chi connectivity index (χ0n) is 14.6. The number of fused-ring (bicyclic) bond motifs is 1. The van der Waals surface area contributed by atoms with E-state index in [1.54, 1.807) is 12.4 Å². The highest BCUT2D eigenvalue weighted by Crippen LogP contribution is 2.30. The molecule has 0 aliphatic rings. The number of rotatable bonds is 4. The van der Waals surface area contributed by atoms with Crippen LogP contribution in [0.5, 0.6) is 0 Å². The van der Waals surface area contributed by atoms with E-state index < -0.39 is 0 Å². The van der Waals surface area contributed by atoms with E-state index in [2.05, 4.69) is 21.4 Å². The average Bonchev–Trinajstić information content (AvgIpc) is 3.12. The quantitative estimate of drug-likeness (QED) is 0.563. The first-order valence-corrected chi connectivity index (χ1v) is 8.81. The maximum Gasteiger partial charge on any atom is 0.135 e. The van der Waals surface area contributed by atoms with E-state index in [0.717, 1.165) is 22.2 Å². The highest BCUT2D eigenvalue weighted by molar-refractivity contribution is 6.30. The SMILES string of the molecule is Cn1ccnc1C(Nc1nccc2ccc(C#N)cc12)c1ccc(Cl)cc1. The van der Waals surface area contributed by atoms with Crippen LogP contribution in [0.15, 0.2) is 67.1 Å². The smallest absolute Gasteiger partial charge is 0.135 e. The van der Waals surface area contributed by atoms with E-state index >= 15 is 0 Å². The molecule has 2 heterocycles. The van der Waals surface area contributed by atoms with Crippen molar-refractivity contribution >= 4 is 28.2 Å². The molecule has 0 amide bonds. The van der Waals surface area contributed by atoms with E-state index in [9.17, 15) is 5.26 Å². The van der Waals surface area contributed by atoms with Gasteiger partial charge in [-0.15, -0.1) is 0 Å². The summed E-state index contributed by atoms with van der Waals surface area (Å²) in [5.41, 5.74) is 1.61. The van der Waals surface area contributed by atoms with Gasteiger partial charge < -0.3 is 9.88 Å². The summed E-state index contributed by atoms with van der Waals surface area (Å²) in [4.78, 5) is 9.03. The minimum Gasteiger partial charge on any atom is -0.356 e. The maximum atomic E-state index is 9.24. The summed E-state index contributed by atoms with van der Waals surface area (Å²) in [5, 5.41) is 15.3. The zero-order valence-corrected chi connectivity index (χ0v) is 15.4. The zero-order chi connectivity index (χ0) is 18.8. The molecule has 6 heteroatoms. The van der Waals surface area contributed by atoms with Crippen molar-refractivity contribution in [3.8, 4) is 6.07 Å². The van der Waals surface area contributed by atoms with Crippen molar-refractivity contribution in [1.82, 2.24) is 14.5 Å². The minimum absolute atomic E-state index is 0.217. The normalized spacial score (nSPS) is 11.9. The molecular weight excluding hydrogens is 358 g/mol. The number of nitrogens with one attached hydrogen (secondary N) is 1. The Morgan fingerprint density at radius 1 is 1.07 bits per heavy atom. The van der Waals surface area contributed by atoms with Gasteiger partial charge in [0.25, 0.3) is 0 Å². The highest BCUT2D eigenvalue weighted by atomic mass is 35.5. The molecule has 132 valence electrons. The fourth-order valence-electron chi connectivity index (χ4n) is 3.10. The van der Waals surface area contributed by atoms with E-state index in [0.29, 0.717) is 16.4 Å². The summed E-state index contributed by atoms with van der Waals surface area (Å²) >= 11 is 6.06. The number of hydrogen-bond donors (Lipinski definition) is 1. The lowest BCUT2D eigenvalue weighted by Gasteiger charge is -2.21. The Morgan fingerprint density at radius 3 is 2.59 bits per heavy atom. The molecule has 1 atom stereocenters. The molecular formula is C21H16ClN5. The topological polar surface area (TPSA) is 66.5 Å². The third-order valence-corrected chi connectivity index (χ3v) is 4.75. The fraction of sp³-hybridized carbons (Fsp3) is 0.0952. The molecule has 4 aromatic rings. The molecule has 0 fully saturated rings. The summed E-state index contributed by atoms with van der Waals surface area (Å²) in [6.07, 6.45) is 5.43. The number of imidazole rings is 1. The van der Waals surface area contributed by atoms with Gasteiger partial charge in [0.05, 0.1) is 11.6 Å². The molecule has 27 heavy (non-hydrogen) atoms. The predicted octanol–water partition coefficient (Wildman–Crippen LogP) is 4.69. The van der Waals surface area contributed by atoms with Crippen LogP contribution >= 0.6 is 11.6 Å². The molecule has 5 nitrogen and oxygen atoms in total. The molecule has 0 aliphatic carbocycles. The predicted molar refractivity (Wildman–Crippen MR) is 107 cm³/mol. The number of aryl methyl sites for hydroxylation is 1. The standard InChI is InChI=1S/C21H16ClN5/c1-27-11-10-25-21(27)19(16-4-6-17(22)7-5-16)26-20-18-12-14(13-23)2-3-15(18)8-9-24-20/h2-12,19H,1H3,(H,24,26). The first-order chi connectivity index (χ1) is 13.2.